The number of aromatic nitrogens is 7. The number of pyridine rings is 4. The number of ketones is 1. The third kappa shape index (κ3) is 31.3. The van der Waals surface area contributed by atoms with E-state index in [0.717, 1.165) is 24.3 Å². The number of nitrogens with zero attached hydrogens (tertiary/aromatic N) is 8. The zero-order valence-electron chi connectivity index (χ0n) is 71.8. The van der Waals surface area contributed by atoms with Crippen molar-refractivity contribution in [3.8, 4) is 57.4 Å². The Kier molecular flexibility index (Phi) is 42.1. The number of methoxy groups -OCH3 is 4. The summed E-state index contributed by atoms with van der Waals surface area (Å²) in [6, 6.07) is 19.0. The van der Waals surface area contributed by atoms with Crippen molar-refractivity contribution >= 4 is 149 Å². The summed E-state index contributed by atoms with van der Waals surface area (Å²) in [5.74, 6) is -4.79. The van der Waals surface area contributed by atoms with Gasteiger partial charge in [0.05, 0.1) is 52.7 Å². The number of aliphatic carboxylic acids is 1. The van der Waals surface area contributed by atoms with Crippen LogP contribution in [0.4, 0.5) is 66.7 Å². The van der Waals surface area contributed by atoms with Gasteiger partial charge in [0, 0.05) is 83.1 Å². The van der Waals surface area contributed by atoms with Crippen LogP contribution in [0.15, 0.2) is 115 Å². The number of alkyl halides is 12. The number of Topliss-reactive ketones (excluding diaryl/α,β-unsaturated/α-hetero) is 1. The van der Waals surface area contributed by atoms with Crippen LogP contribution < -0.4 is 59.3 Å². The minimum absolute atomic E-state index is 0. The second kappa shape index (κ2) is 50.9. The predicted molar refractivity (Wildman–Crippen MR) is 451 cm³/mol. The first-order chi connectivity index (χ1) is 62.7. The number of ether oxygens (including phenoxy) is 6. The van der Waals surface area contributed by atoms with Crippen molar-refractivity contribution in [2.45, 2.75) is 90.4 Å². The van der Waals surface area contributed by atoms with Gasteiger partial charge < -0.3 is 67.9 Å². The molecule has 134 heavy (non-hydrogen) atoms. The number of aliphatic imine (C=N–C) groups is 1. The number of thioether (sulfide) groups is 1. The molecule has 0 aliphatic heterocycles. The number of nitrogens with one attached hydrogen (secondary N) is 4. The van der Waals surface area contributed by atoms with Gasteiger partial charge >= 0.3 is 158 Å². The summed E-state index contributed by atoms with van der Waals surface area (Å²) in [5, 5.41) is 39.2. The zero-order valence-corrected chi connectivity index (χ0v) is 72.6. The quantitative estimate of drug-likeness (QED) is 0.00447. The van der Waals surface area contributed by atoms with Gasteiger partial charge in [-0.05, 0) is 124 Å². The number of aromatic carboxylic acids is 1. The fourth-order valence-corrected chi connectivity index (χ4v) is 12.0. The fraction of sp³-hybridized carbons (Fsp3) is 0.309. The number of carbonyl (C=O) groups is 8. The van der Waals surface area contributed by atoms with Gasteiger partial charge in [-0.2, -0.15) is 52.7 Å². The minimum Gasteiger partial charge on any atom is -0.543 e. The molecule has 7 heterocycles. The Hall–Kier alpha value is -13.6. The van der Waals surface area contributed by atoms with E-state index in [9.17, 15) is 110 Å². The van der Waals surface area contributed by atoms with E-state index in [0.29, 0.717) is 59.0 Å². The van der Waals surface area contributed by atoms with Crippen LogP contribution in [0.2, 0.25) is 0 Å². The Bertz CT molecular complexity index is 6130. The summed E-state index contributed by atoms with van der Waals surface area (Å²) >= 11 is 1.27. The molecule has 4 aromatic carbocycles. The van der Waals surface area contributed by atoms with E-state index in [2.05, 4.69) is 50.5 Å². The van der Waals surface area contributed by atoms with Crippen LogP contribution in [0.3, 0.4) is 0 Å². The number of hydrogen-bond acceptors (Lipinski definition) is 32. The van der Waals surface area contributed by atoms with Crippen LogP contribution in [0.5, 0.6) is 23.0 Å². The summed E-state index contributed by atoms with van der Waals surface area (Å²) in [6.45, 7) is 5.13. The number of hydrogen-bond donors (Lipinski definition) is 6. The molecule has 0 atom stereocenters. The van der Waals surface area contributed by atoms with Crippen LogP contribution in [0.25, 0.3) is 78.0 Å². The Morgan fingerprint density at radius 3 is 1.17 bits per heavy atom. The summed E-state index contributed by atoms with van der Waals surface area (Å²) in [6.07, 6.45) is -16.9. The molecule has 0 spiro atoms. The number of amides is 2. The third-order valence-corrected chi connectivity index (χ3v) is 18.1. The molecule has 11 aromatic rings. The molecule has 0 saturated heterocycles. The monoisotopic (exact) mass is 1890 g/mol. The van der Waals surface area contributed by atoms with E-state index >= 15 is 0 Å². The number of halogens is 13. The molecule has 0 aliphatic rings. The van der Waals surface area contributed by atoms with Crippen molar-refractivity contribution in [2.75, 3.05) is 74.1 Å². The normalized spacial score (nSPS) is 11.1. The van der Waals surface area contributed by atoms with Gasteiger partial charge in [-0.1, -0.05) is 0 Å². The van der Waals surface area contributed by atoms with Crippen molar-refractivity contribution in [1.29, 1.82) is 10.8 Å². The number of carboxylic acid groups (broad SMARTS) is 2. The first-order valence-electron chi connectivity index (χ1n) is 38.2. The molecule has 53 heteroatoms. The fourth-order valence-electron chi connectivity index (χ4n) is 11.4. The van der Waals surface area contributed by atoms with Crippen LogP contribution in [-0.2, 0) is 77.2 Å². The molecule has 0 aliphatic carbocycles. The van der Waals surface area contributed by atoms with E-state index in [1.165, 1.54) is 108 Å². The molecule has 2 amide bonds. The van der Waals surface area contributed by atoms with Gasteiger partial charge in [0.15, 0.2) is 38.8 Å². The van der Waals surface area contributed by atoms with E-state index < -0.39 is 94.7 Å². The van der Waals surface area contributed by atoms with Gasteiger partial charge in [0.25, 0.3) is 0 Å². The Balaban J connectivity index is 0.000000297. The predicted octanol–water partition coefficient (Wildman–Crippen LogP) is 9.94. The second-order valence-electron chi connectivity index (χ2n) is 26.3. The molecule has 0 bridgehead atoms. The maximum Gasteiger partial charge on any atom is 1.00 e. The second-order valence-corrected chi connectivity index (χ2v) is 27.1. The maximum atomic E-state index is 13.1. The van der Waals surface area contributed by atoms with Crippen LogP contribution in [0.1, 0.15) is 124 Å². The van der Waals surface area contributed by atoms with E-state index in [4.69, 9.17) is 79.0 Å². The van der Waals surface area contributed by atoms with Gasteiger partial charge in [0.2, 0.25) is 17.7 Å². The summed E-state index contributed by atoms with van der Waals surface area (Å²) < 4.78 is 235. The number of carboxylic acids is 2. The number of rotatable bonds is 31. The minimum atomic E-state index is -4.67. The van der Waals surface area contributed by atoms with Crippen LogP contribution in [0, 0.1) is 10.8 Å². The maximum absolute atomic E-state index is 13.1. The molecule has 11 rings (SSSR count). The summed E-state index contributed by atoms with van der Waals surface area (Å²) in [7, 11) is 15.9. The number of nitrogens with two attached hydrogens (primary N) is 1. The number of oxazole rings is 3. The number of esters is 2. The van der Waals surface area contributed by atoms with Gasteiger partial charge in [-0.25, -0.2) is 39.7 Å². The van der Waals surface area contributed by atoms with Crippen LogP contribution >= 0.6 is 11.8 Å². The van der Waals surface area contributed by atoms with E-state index in [1.807, 2.05) is 0 Å². The molecular formula is C81H73B4F13LiN13O21S. The molecule has 34 nitrogen and oxygen atoms in total. The number of carbonyl (C=O) groups excluding carboxylic acids is 7. The number of benzene rings is 4. The van der Waals surface area contributed by atoms with Crippen molar-refractivity contribution in [3.05, 3.63) is 160 Å². The van der Waals surface area contributed by atoms with Crippen molar-refractivity contribution in [3.63, 3.8) is 0 Å². The average Bonchev–Trinajstić information content (AvgIpc) is 1.47. The van der Waals surface area contributed by atoms with Crippen molar-refractivity contribution < 1.29 is 176 Å². The average molecular weight is 1890 g/mol. The molecular weight excluding hydrogens is 1820 g/mol. The first-order valence-corrected chi connectivity index (χ1v) is 39.5. The summed E-state index contributed by atoms with van der Waals surface area (Å²) in [4.78, 5) is 119. The molecule has 698 valence electrons. The van der Waals surface area contributed by atoms with E-state index in [1.54, 1.807) is 32.2 Å². The molecule has 0 unspecified atom stereocenters. The SMILES string of the molecule is CCOC(=O)CN=C(SC)c1ccc(OC)c2nc(C(F)(F)F)ccc12.COc1ccc(-c2nc(C(C)=O)c(CCN)o2)c2ccc(C(F)(F)F)nc12.N=C(B=O)CCC(=O)F.N=C(B=O)CCC(=O)O.[B]C(=O)NCCc1oc(-c2ccc(OC)c3nc(C(F)(F)F)ccc23)nc1C(=O)OCC.[B]C(=O)NCCc1oc(-c2ccc(OC)c3nc(C(F)(F)F)ccc23)nc1C(=O)[O-].[Li+]. The molecule has 7 aromatic heterocycles. The Labute approximate surface area is 769 Å². The molecule has 0 fully saturated rings. The summed E-state index contributed by atoms with van der Waals surface area (Å²) in [5.41, 5.74) is 1.82. The molecule has 7 N–H and O–H groups in total. The molecule has 4 radical (unpaired) electrons. The first kappa shape index (κ1) is 111. The smallest absolute Gasteiger partial charge is 0.543 e. The van der Waals surface area contributed by atoms with Gasteiger partial charge in [-0.3, -0.25) is 24.2 Å². The Morgan fingerprint density at radius 2 is 0.851 bits per heavy atom. The zero-order chi connectivity index (χ0) is 99.2. The third-order valence-electron chi connectivity index (χ3n) is 17.3. The van der Waals surface area contributed by atoms with E-state index in [-0.39, 0.29) is 216 Å². The van der Waals surface area contributed by atoms with Crippen molar-refractivity contribution in [2.24, 2.45) is 10.7 Å². The van der Waals surface area contributed by atoms with Crippen LogP contribution in [-0.4, -0.2) is 208 Å². The van der Waals surface area contributed by atoms with Crippen molar-refractivity contribution in [1.82, 2.24) is 45.5 Å². The van der Waals surface area contributed by atoms with Gasteiger partial charge in [0.1, 0.15) is 103 Å². The largest absolute Gasteiger partial charge is 1.00 e. The Morgan fingerprint density at radius 1 is 0.507 bits per heavy atom. The topological polar surface area (TPSA) is 509 Å². The number of fused-ring (bicyclic) bond motifs is 4. The standard InChI is InChI=1S/C20H17BF3N3O5.C18H13BF3N3O5.C18H16F3N3O3.C17H17F3N2O3S.C4H5BFNO2.C4H6BNO3.Li/c1-3-31-18(28)16-13(8-9-25-19(21)29)32-17(27-16)11-4-6-12(30-2)15-10(11)5-7-14(26-15)20(22,23)24;1-29-10-4-2-9(8-3-5-12(18(20,21)22)24-13(8)10)15-25-14(16(26)27)11(30-15)6-7-23-17(19)28;1-9(25)15-13(7-8-22)27-17(24-15)11-3-5-12(26-2)16-10(11)4-6-14(23-16)18(19,20)21;1-4-25-14(23)9-21-16(26-3)11-5-7-12(24-2)15-10(11)6-8-13(22-15)17(18,19)20;6-4(8)2-1-3(7)5-9;6-3(5-9)1-2-4(7)8;/h4-7H,3,8-9H2,1-2H3,(H,25,29);2-5H,6-7H2,1H3,(H,23,28)(H,26,27);3-6H,7-8,22H2,1-2H3;5-8H,4,9H2,1-3H3;7H,1-2H2;6H,1-2H2,(H,7,8);/q;;;;;;+1/p-1. The van der Waals surface area contributed by atoms with Gasteiger partial charge in [-0.15, -0.1) is 11.8 Å². The molecule has 0 saturated carbocycles.